The average molecular weight is 438 g/mol. The fraction of sp³-hybridized carbons (Fsp3) is 0.400. The fourth-order valence-corrected chi connectivity index (χ4v) is 2.39. The zero-order valence-electron chi connectivity index (χ0n) is 18.9. The number of ether oxygens (including phenoxy) is 1. The smallest absolute Gasteiger partial charge is 0.278 e. The molecule has 0 aromatic heterocycles. The summed E-state index contributed by atoms with van der Waals surface area (Å²) in [4.78, 5) is 12.7. The molecule has 31 heavy (non-hydrogen) atoms. The third-order valence-corrected chi connectivity index (χ3v) is 3.96. The highest BCUT2D eigenvalue weighted by atomic mass is 19.3. The second-order valence-electron chi connectivity index (χ2n) is 7.71. The lowest BCUT2D eigenvalue weighted by molar-refractivity contribution is -0.0229. The number of carbonyl (C=O) groups is 1. The van der Waals surface area contributed by atoms with Gasteiger partial charge in [-0.05, 0) is 51.3 Å². The number of amides is 1. The van der Waals surface area contributed by atoms with E-state index >= 15 is 0 Å². The van der Waals surface area contributed by atoms with Gasteiger partial charge in [0.15, 0.2) is 6.61 Å². The first-order valence-electron chi connectivity index (χ1n) is 9.97. The van der Waals surface area contributed by atoms with Crippen molar-refractivity contribution in [1.29, 1.82) is 0 Å². The van der Waals surface area contributed by atoms with Gasteiger partial charge in [0, 0.05) is 19.0 Å². The van der Waals surface area contributed by atoms with Crippen molar-refractivity contribution in [3.8, 4) is 5.75 Å². The Bertz CT molecular complexity index is 772. The summed E-state index contributed by atoms with van der Waals surface area (Å²) in [7, 11) is 0. The molecule has 1 N–H and O–H groups in total. The van der Waals surface area contributed by atoms with Crippen LogP contribution < -0.4 is 10.1 Å². The van der Waals surface area contributed by atoms with Crippen LogP contribution in [0, 0.1) is 0 Å². The topological polar surface area (TPSA) is 38.3 Å². The Hall–Kier alpha value is -2.76. The van der Waals surface area contributed by atoms with E-state index in [1.165, 1.54) is 26.0 Å². The molecule has 0 bridgehead atoms. The van der Waals surface area contributed by atoms with Crippen LogP contribution >= 0.6 is 0 Å². The van der Waals surface area contributed by atoms with Gasteiger partial charge >= 0.3 is 0 Å². The normalized spacial score (nSPS) is 12.2. The Labute approximate surface area is 184 Å². The van der Waals surface area contributed by atoms with Gasteiger partial charge in [-0.25, -0.2) is 13.2 Å². The molecule has 0 atom stereocenters. The van der Waals surface area contributed by atoms with E-state index in [-0.39, 0.29) is 18.1 Å². The van der Waals surface area contributed by atoms with Crippen molar-refractivity contribution in [2.75, 3.05) is 13.2 Å². The lowest BCUT2D eigenvalue weighted by Crippen LogP contribution is -2.27. The third kappa shape index (κ3) is 13.2. The number of rotatable bonds is 11. The first-order chi connectivity index (χ1) is 14.4. The molecule has 0 unspecified atom stereocenters. The molecule has 0 aliphatic rings. The van der Waals surface area contributed by atoms with Crippen LogP contribution in [0.2, 0.25) is 0 Å². The number of allylic oxidation sites excluding steroid dienone is 4. The van der Waals surface area contributed by atoms with Crippen molar-refractivity contribution in [2.24, 2.45) is 0 Å². The SMILES string of the molecule is C=C.C=C/C=C\C=C(/C)CNC(=O)c1cc(OCC(C)(F)F)ccc1CCC(C)(C)F. The van der Waals surface area contributed by atoms with Gasteiger partial charge in [-0.1, -0.05) is 42.5 Å². The maximum absolute atomic E-state index is 13.9. The highest BCUT2D eigenvalue weighted by Crippen LogP contribution is 2.24. The number of carbonyl (C=O) groups excluding carboxylic acids is 1. The summed E-state index contributed by atoms with van der Waals surface area (Å²) in [5.74, 6) is -3.19. The molecular weight excluding hydrogens is 403 g/mol. The Balaban J connectivity index is 0.00000436. The number of alkyl halides is 3. The number of benzene rings is 1. The third-order valence-electron chi connectivity index (χ3n) is 3.96. The number of halogens is 3. The lowest BCUT2D eigenvalue weighted by Gasteiger charge is -2.17. The fourth-order valence-electron chi connectivity index (χ4n) is 2.39. The predicted octanol–water partition coefficient (Wildman–Crippen LogP) is 6.62. The van der Waals surface area contributed by atoms with Gasteiger partial charge in [-0.15, -0.1) is 13.2 Å². The molecule has 0 aliphatic carbocycles. The predicted molar refractivity (Wildman–Crippen MR) is 123 cm³/mol. The van der Waals surface area contributed by atoms with Crippen molar-refractivity contribution in [2.45, 2.75) is 52.1 Å². The molecule has 0 heterocycles. The largest absolute Gasteiger partial charge is 0.487 e. The molecule has 172 valence electrons. The van der Waals surface area contributed by atoms with Crippen LogP contribution in [0.3, 0.4) is 0 Å². The van der Waals surface area contributed by atoms with Crippen LogP contribution in [0.15, 0.2) is 67.8 Å². The van der Waals surface area contributed by atoms with Gasteiger partial charge in [0.2, 0.25) is 0 Å². The van der Waals surface area contributed by atoms with Crippen molar-refractivity contribution < 1.29 is 22.7 Å². The molecule has 6 heteroatoms. The maximum atomic E-state index is 13.9. The summed E-state index contributed by atoms with van der Waals surface area (Å²) in [5.41, 5.74) is 0.461. The van der Waals surface area contributed by atoms with Gasteiger partial charge in [0.25, 0.3) is 11.8 Å². The van der Waals surface area contributed by atoms with Gasteiger partial charge in [0.05, 0.1) is 0 Å². The monoisotopic (exact) mass is 437 g/mol. The van der Waals surface area contributed by atoms with Gasteiger partial charge in [-0.2, -0.15) is 0 Å². The molecule has 3 nitrogen and oxygen atoms in total. The van der Waals surface area contributed by atoms with E-state index in [2.05, 4.69) is 25.1 Å². The summed E-state index contributed by atoms with van der Waals surface area (Å²) < 4.78 is 45.2. The van der Waals surface area contributed by atoms with E-state index in [1.54, 1.807) is 18.2 Å². The standard InChI is InChI=1S/C23H30F3NO2.C2H4/c1-6-7-8-9-17(2)15-27-21(28)20-14-19(29-16-23(5,25)26)11-10-18(20)12-13-22(3,4)24;1-2/h6-11,14H,1,12-13,15-16H2,2-5H3,(H,27,28);1-2H2/b8-7-,17-9+;. The van der Waals surface area contributed by atoms with Crippen LogP contribution in [0.1, 0.15) is 50.0 Å². The van der Waals surface area contributed by atoms with Gasteiger partial charge < -0.3 is 10.1 Å². The van der Waals surface area contributed by atoms with Crippen LogP contribution in [0.25, 0.3) is 0 Å². The van der Waals surface area contributed by atoms with Gasteiger partial charge in [-0.3, -0.25) is 4.79 Å². The number of nitrogens with one attached hydrogen (secondary N) is 1. The number of hydrogen-bond acceptors (Lipinski definition) is 2. The highest BCUT2D eigenvalue weighted by Gasteiger charge is 2.23. The summed E-state index contributed by atoms with van der Waals surface area (Å²) in [6.45, 7) is 14.7. The maximum Gasteiger partial charge on any atom is 0.278 e. The van der Waals surface area contributed by atoms with Crippen LogP contribution in [-0.2, 0) is 6.42 Å². The second kappa shape index (κ2) is 13.5. The molecule has 0 aliphatic heterocycles. The minimum absolute atomic E-state index is 0.168. The first kappa shape index (κ1) is 28.2. The second-order valence-corrected chi connectivity index (χ2v) is 7.71. The van der Waals surface area contributed by atoms with Crippen molar-refractivity contribution in [1.82, 2.24) is 5.32 Å². The van der Waals surface area contributed by atoms with Crippen LogP contribution in [0.5, 0.6) is 5.75 Å². The van der Waals surface area contributed by atoms with Crippen molar-refractivity contribution in [3.05, 3.63) is 78.9 Å². The highest BCUT2D eigenvalue weighted by molar-refractivity contribution is 5.96. The molecule has 1 amide bonds. The minimum Gasteiger partial charge on any atom is -0.487 e. The Kier molecular flexibility index (Phi) is 12.3. The van der Waals surface area contributed by atoms with Gasteiger partial charge in [0.1, 0.15) is 11.4 Å². The average Bonchev–Trinajstić information content (AvgIpc) is 2.69. The lowest BCUT2D eigenvalue weighted by atomic mass is 9.96. The summed E-state index contributed by atoms with van der Waals surface area (Å²) in [5, 5.41) is 2.80. The Morgan fingerprint density at radius 2 is 1.81 bits per heavy atom. The molecule has 0 spiro atoms. The molecule has 1 aromatic carbocycles. The Morgan fingerprint density at radius 1 is 1.16 bits per heavy atom. The number of hydrogen-bond donors (Lipinski definition) is 1. The first-order valence-corrected chi connectivity index (χ1v) is 9.97. The summed E-state index contributed by atoms with van der Waals surface area (Å²) in [6.07, 6.45) is 7.64. The molecule has 1 aromatic rings. The van der Waals surface area contributed by atoms with Crippen LogP contribution in [-0.4, -0.2) is 30.7 Å². The molecule has 0 fully saturated rings. The van der Waals surface area contributed by atoms with E-state index in [9.17, 15) is 18.0 Å². The quantitative estimate of drug-likeness (QED) is 0.312. The van der Waals surface area contributed by atoms with E-state index in [4.69, 9.17) is 4.74 Å². The minimum atomic E-state index is -2.99. The summed E-state index contributed by atoms with van der Waals surface area (Å²) >= 11 is 0. The van der Waals surface area contributed by atoms with Crippen molar-refractivity contribution >= 4 is 5.91 Å². The number of aryl methyl sites for hydroxylation is 1. The van der Waals surface area contributed by atoms with Crippen LogP contribution in [0.4, 0.5) is 13.2 Å². The summed E-state index contributed by atoms with van der Waals surface area (Å²) in [6, 6.07) is 4.58. The van der Waals surface area contributed by atoms with E-state index in [0.717, 1.165) is 12.5 Å². The molecular formula is C25H34F3NO2. The molecule has 0 saturated heterocycles. The zero-order valence-corrected chi connectivity index (χ0v) is 18.9. The van der Waals surface area contributed by atoms with E-state index in [1.807, 2.05) is 19.1 Å². The Morgan fingerprint density at radius 3 is 2.35 bits per heavy atom. The van der Waals surface area contributed by atoms with Crippen molar-refractivity contribution in [3.63, 3.8) is 0 Å². The van der Waals surface area contributed by atoms with E-state index in [0.29, 0.717) is 24.1 Å². The molecule has 1 rings (SSSR count). The van der Waals surface area contributed by atoms with E-state index < -0.39 is 18.2 Å². The molecule has 0 saturated carbocycles. The zero-order chi connectivity index (χ0) is 24.1. The molecule has 0 radical (unpaired) electrons.